The number of aliphatic carboxylic acids is 1. The normalized spacial score (nSPS) is 12.9. The van der Waals surface area contributed by atoms with E-state index in [-0.39, 0.29) is 32.2 Å². The number of nitrogens with zero attached hydrogens (tertiary/aromatic N) is 1. The maximum absolute atomic E-state index is 12.9. The number of carboxylic acids is 1. The first-order valence-electron chi connectivity index (χ1n) is 35.1. The van der Waals surface area contributed by atoms with Gasteiger partial charge in [-0.2, -0.15) is 0 Å². The quantitative estimate of drug-likeness (QED) is 0.0195. The number of hydrogen-bond acceptors (Lipinski definition) is 8. The van der Waals surface area contributed by atoms with Crippen LogP contribution in [0.25, 0.3) is 0 Å². The molecular weight excluding hydrogens is 1010 g/mol. The van der Waals surface area contributed by atoms with Crippen molar-refractivity contribution in [2.75, 3.05) is 47.5 Å². The van der Waals surface area contributed by atoms with Gasteiger partial charge in [-0.05, 0) is 70.6 Å². The second-order valence-corrected chi connectivity index (χ2v) is 25.2. The van der Waals surface area contributed by atoms with Crippen LogP contribution in [0.3, 0.4) is 0 Å². The molecule has 9 nitrogen and oxygen atoms in total. The number of carbonyl (C=O) groups excluding carboxylic acids is 3. The first-order valence-corrected chi connectivity index (χ1v) is 35.1. The Morgan fingerprint density at radius 1 is 0.370 bits per heavy atom. The Balaban J connectivity index is 4.01. The fraction of sp³-hybridized carbons (Fsp3) is 0.875. The van der Waals surface area contributed by atoms with E-state index in [4.69, 9.17) is 18.9 Å². The van der Waals surface area contributed by atoms with Crippen molar-refractivity contribution in [2.24, 2.45) is 0 Å². The highest BCUT2D eigenvalue weighted by molar-refractivity contribution is 5.70. The first-order chi connectivity index (χ1) is 39.6. The van der Waals surface area contributed by atoms with E-state index in [1.54, 1.807) is 0 Å². The van der Waals surface area contributed by atoms with Crippen LogP contribution in [-0.2, 0) is 33.3 Å². The van der Waals surface area contributed by atoms with E-state index in [0.29, 0.717) is 23.9 Å². The predicted molar refractivity (Wildman–Crippen MR) is 343 cm³/mol. The predicted octanol–water partition coefficient (Wildman–Crippen LogP) is 20.3. The van der Waals surface area contributed by atoms with Gasteiger partial charge in [-0.25, -0.2) is 0 Å². The van der Waals surface area contributed by atoms with Crippen LogP contribution in [0, 0.1) is 0 Å². The van der Waals surface area contributed by atoms with Gasteiger partial charge in [0, 0.05) is 12.8 Å². The molecule has 0 aromatic carbocycles. The molecule has 2 unspecified atom stereocenters. The lowest BCUT2D eigenvalue weighted by atomic mass is 10.0. The number of unbranched alkanes of at least 4 members (excludes halogenated alkanes) is 45. The number of ether oxygens (including phenoxy) is 4. The maximum Gasteiger partial charge on any atom is 0.306 e. The molecule has 0 fully saturated rings. The Bertz CT molecular complexity index is 1420. The van der Waals surface area contributed by atoms with E-state index >= 15 is 0 Å². The lowest BCUT2D eigenvalue weighted by Gasteiger charge is -2.26. The van der Waals surface area contributed by atoms with Crippen molar-refractivity contribution in [1.29, 1.82) is 0 Å². The van der Waals surface area contributed by atoms with Crippen molar-refractivity contribution in [3.63, 3.8) is 0 Å². The summed E-state index contributed by atoms with van der Waals surface area (Å²) in [4.78, 5) is 37.4. The van der Waals surface area contributed by atoms with Gasteiger partial charge in [0.25, 0.3) is 0 Å². The minimum Gasteiger partial charge on any atom is -0.545 e. The molecule has 0 amide bonds. The molecule has 0 heterocycles. The zero-order valence-electron chi connectivity index (χ0n) is 54.4. The zero-order valence-corrected chi connectivity index (χ0v) is 54.4. The fourth-order valence-corrected chi connectivity index (χ4v) is 10.4. The summed E-state index contributed by atoms with van der Waals surface area (Å²) in [7, 11) is 5.94. The van der Waals surface area contributed by atoms with Gasteiger partial charge < -0.3 is 33.3 Å². The molecule has 0 spiro atoms. The SMILES string of the molecule is CCCCCCC/C=C\C/C=C\CCCCCCCCCCCC(=O)OC(COC(=O)CCCCCCCCCCCCCCCCCCCCCCCCC/C=C\CCCCCCCCCC)COC(OCC[N+](C)(C)C)C(=O)[O-]. The summed E-state index contributed by atoms with van der Waals surface area (Å²) < 4.78 is 22.8. The van der Waals surface area contributed by atoms with Crippen molar-refractivity contribution >= 4 is 17.9 Å². The van der Waals surface area contributed by atoms with Gasteiger partial charge in [-0.3, -0.25) is 9.59 Å². The molecule has 0 saturated carbocycles. The Morgan fingerprint density at radius 2 is 0.667 bits per heavy atom. The minimum absolute atomic E-state index is 0.149. The molecule has 0 aliphatic carbocycles. The molecule has 0 bridgehead atoms. The molecule has 0 radical (unpaired) electrons. The van der Waals surface area contributed by atoms with Gasteiger partial charge in [-0.15, -0.1) is 0 Å². The highest BCUT2D eigenvalue weighted by Gasteiger charge is 2.22. The molecule has 0 rings (SSSR count). The highest BCUT2D eigenvalue weighted by atomic mass is 16.7. The largest absolute Gasteiger partial charge is 0.545 e. The summed E-state index contributed by atoms with van der Waals surface area (Å²) in [5, 5.41) is 11.8. The maximum atomic E-state index is 12.9. The second-order valence-electron chi connectivity index (χ2n) is 25.2. The number of allylic oxidation sites excluding steroid dienone is 6. The van der Waals surface area contributed by atoms with Crippen molar-refractivity contribution in [3.05, 3.63) is 36.5 Å². The Hall–Kier alpha value is -2.49. The van der Waals surface area contributed by atoms with Crippen molar-refractivity contribution in [2.45, 2.75) is 360 Å². The number of hydrogen-bond donors (Lipinski definition) is 0. The van der Waals surface area contributed by atoms with Gasteiger partial charge in [0.1, 0.15) is 13.2 Å². The third-order valence-corrected chi connectivity index (χ3v) is 15.9. The van der Waals surface area contributed by atoms with Gasteiger partial charge >= 0.3 is 11.9 Å². The van der Waals surface area contributed by atoms with Crippen LogP contribution in [0.1, 0.15) is 348 Å². The average molecular weight is 1140 g/mol. The lowest BCUT2D eigenvalue weighted by Crippen LogP contribution is -2.44. The summed E-state index contributed by atoms with van der Waals surface area (Å²) >= 11 is 0. The van der Waals surface area contributed by atoms with E-state index in [1.807, 2.05) is 21.1 Å². The summed E-state index contributed by atoms with van der Waals surface area (Å²) in [6, 6.07) is 0. The van der Waals surface area contributed by atoms with Gasteiger partial charge in [0.05, 0.1) is 40.3 Å². The van der Waals surface area contributed by atoms with Crippen molar-refractivity contribution in [3.8, 4) is 0 Å². The molecule has 0 aliphatic rings. The Kier molecular flexibility index (Phi) is 61.6. The van der Waals surface area contributed by atoms with Gasteiger partial charge in [0.15, 0.2) is 12.4 Å². The topological polar surface area (TPSA) is 111 Å². The summed E-state index contributed by atoms with van der Waals surface area (Å²) in [5.41, 5.74) is 0. The van der Waals surface area contributed by atoms with Crippen LogP contribution in [0.15, 0.2) is 36.5 Å². The third-order valence-electron chi connectivity index (χ3n) is 15.9. The van der Waals surface area contributed by atoms with Crippen LogP contribution in [0.4, 0.5) is 0 Å². The Morgan fingerprint density at radius 3 is 0.988 bits per heavy atom. The van der Waals surface area contributed by atoms with E-state index in [2.05, 4.69) is 50.3 Å². The third kappa shape index (κ3) is 64.9. The van der Waals surface area contributed by atoms with E-state index in [9.17, 15) is 19.5 Å². The van der Waals surface area contributed by atoms with Gasteiger partial charge in [-0.1, -0.05) is 301 Å². The summed E-state index contributed by atoms with van der Waals surface area (Å²) in [6.45, 7) is 4.79. The van der Waals surface area contributed by atoms with Gasteiger partial charge in [0.2, 0.25) is 0 Å². The summed E-state index contributed by atoms with van der Waals surface area (Å²) in [6.07, 6.45) is 76.7. The number of carboxylic acid groups (broad SMARTS) is 1. The second kappa shape index (κ2) is 63.5. The monoisotopic (exact) mass is 1140 g/mol. The molecule has 0 saturated heterocycles. The molecule has 0 aromatic rings. The molecular formula is C72H135NO8. The van der Waals surface area contributed by atoms with E-state index in [0.717, 1.165) is 51.4 Å². The standard InChI is InChI=1S/C72H135NO8/c1-6-8-10-12-14-16-18-20-22-24-26-28-29-30-31-32-33-34-35-36-37-38-39-40-41-43-44-46-48-50-52-54-56-58-60-62-69(74)79-66-68(67-80-72(71(76)77)78-65-64-73(3,4)5)81-70(75)63-61-59-57-55-53-51-49-47-45-42-27-25-23-21-19-17-15-13-11-9-7-2/h19,21,24-27,68,72H,6-18,20,22-23,28-67H2,1-5H3/b21-19-,26-24-,27-25-. The first kappa shape index (κ1) is 78.5. The van der Waals surface area contributed by atoms with Crippen LogP contribution in [-0.4, -0.2) is 82.3 Å². The molecule has 0 N–H and O–H groups in total. The van der Waals surface area contributed by atoms with Crippen LogP contribution >= 0.6 is 0 Å². The number of likely N-dealkylation sites (N-methyl/N-ethyl adjacent to an activating group) is 1. The van der Waals surface area contributed by atoms with E-state index in [1.165, 1.54) is 263 Å². The zero-order chi connectivity index (χ0) is 59.1. The van der Waals surface area contributed by atoms with Crippen LogP contribution in [0.2, 0.25) is 0 Å². The number of rotatable bonds is 66. The van der Waals surface area contributed by atoms with Crippen molar-refractivity contribution < 1.29 is 42.9 Å². The number of quaternary nitrogens is 1. The van der Waals surface area contributed by atoms with E-state index < -0.39 is 24.3 Å². The summed E-state index contributed by atoms with van der Waals surface area (Å²) in [5.74, 6) is -2.27. The average Bonchev–Trinajstić information content (AvgIpc) is 3.44. The molecule has 0 aromatic heterocycles. The number of carbonyl (C=O) groups is 3. The van der Waals surface area contributed by atoms with Crippen LogP contribution in [0.5, 0.6) is 0 Å². The molecule has 2 atom stereocenters. The molecule has 9 heteroatoms. The molecule has 81 heavy (non-hydrogen) atoms. The highest BCUT2D eigenvalue weighted by Crippen LogP contribution is 2.18. The lowest BCUT2D eigenvalue weighted by molar-refractivity contribution is -0.870. The Labute approximate surface area is 502 Å². The smallest absolute Gasteiger partial charge is 0.306 e. The molecule has 0 aliphatic heterocycles. The van der Waals surface area contributed by atoms with Crippen molar-refractivity contribution in [1.82, 2.24) is 0 Å². The fourth-order valence-electron chi connectivity index (χ4n) is 10.4. The minimum atomic E-state index is -1.62. The molecule has 476 valence electrons. The van der Waals surface area contributed by atoms with Crippen LogP contribution < -0.4 is 5.11 Å². The number of esters is 2.